The third kappa shape index (κ3) is 4.67. The molecule has 2 atom stereocenters. The maximum Gasteiger partial charge on any atom is 0.234 e. The molecule has 0 aromatic heterocycles. The van der Waals surface area contributed by atoms with Gasteiger partial charge >= 0.3 is 0 Å². The number of hydrogen-bond acceptors (Lipinski definition) is 2. The Balaban J connectivity index is 2.25. The van der Waals surface area contributed by atoms with Crippen LogP contribution in [0.25, 0.3) is 0 Å². The molecule has 1 aliphatic carbocycles. The van der Waals surface area contributed by atoms with E-state index in [4.69, 9.17) is 6.42 Å². The van der Waals surface area contributed by atoms with Crippen LogP contribution in [0.1, 0.15) is 33.1 Å². The fourth-order valence-electron chi connectivity index (χ4n) is 2.59. The fourth-order valence-corrected chi connectivity index (χ4v) is 2.59. The molecular formula is C13H22N2O. The van der Waals surface area contributed by atoms with Crippen LogP contribution in [-0.2, 0) is 4.79 Å². The molecule has 0 aromatic carbocycles. The molecule has 0 aromatic rings. The molecule has 1 rings (SSSR count). The standard InChI is InChI=1S/C13H22N2O/c1-4-5-14-9-13(16)15-12-7-10(2)6-11(3)8-12/h1,10-12,14H,5-9H2,2-3H3,(H,15,16). The van der Waals surface area contributed by atoms with Crippen molar-refractivity contribution in [1.82, 2.24) is 10.6 Å². The topological polar surface area (TPSA) is 41.1 Å². The molecule has 1 fully saturated rings. The van der Waals surface area contributed by atoms with E-state index in [1.54, 1.807) is 0 Å². The zero-order valence-electron chi connectivity index (χ0n) is 10.3. The molecule has 1 saturated carbocycles. The highest BCUT2D eigenvalue weighted by molar-refractivity contribution is 5.78. The number of carbonyl (C=O) groups is 1. The Morgan fingerprint density at radius 3 is 2.50 bits per heavy atom. The lowest BCUT2D eigenvalue weighted by atomic mass is 9.80. The average Bonchev–Trinajstić information content (AvgIpc) is 2.16. The van der Waals surface area contributed by atoms with Crippen LogP contribution in [0.4, 0.5) is 0 Å². The molecule has 0 heterocycles. The van der Waals surface area contributed by atoms with Gasteiger partial charge in [0.05, 0.1) is 13.1 Å². The molecule has 3 heteroatoms. The van der Waals surface area contributed by atoms with Gasteiger partial charge in [0, 0.05) is 6.04 Å². The summed E-state index contributed by atoms with van der Waals surface area (Å²) in [6.45, 7) is 5.28. The molecule has 0 bridgehead atoms. The lowest BCUT2D eigenvalue weighted by Crippen LogP contribution is -2.43. The maximum absolute atomic E-state index is 11.6. The van der Waals surface area contributed by atoms with Gasteiger partial charge in [0.1, 0.15) is 0 Å². The van der Waals surface area contributed by atoms with Gasteiger partial charge in [0.15, 0.2) is 0 Å². The van der Waals surface area contributed by atoms with Crippen LogP contribution in [0.3, 0.4) is 0 Å². The highest BCUT2D eigenvalue weighted by Gasteiger charge is 2.24. The van der Waals surface area contributed by atoms with E-state index in [1.165, 1.54) is 6.42 Å². The normalized spacial score (nSPS) is 29.4. The molecule has 1 aliphatic rings. The fraction of sp³-hybridized carbons (Fsp3) is 0.769. The Bertz CT molecular complexity index is 260. The van der Waals surface area contributed by atoms with Crippen molar-refractivity contribution in [3.05, 3.63) is 0 Å². The second-order valence-corrected chi connectivity index (χ2v) is 4.99. The second kappa shape index (κ2) is 6.55. The van der Waals surface area contributed by atoms with E-state index in [1.807, 2.05) is 0 Å². The first-order valence-corrected chi connectivity index (χ1v) is 6.05. The van der Waals surface area contributed by atoms with Crippen molar-refractivity contribution < 1.29 is 4.79 Å². The minimum absolute atomic E-state index is 0.0570. The lowest BCUT2D eigenvalue weighted by molar-refractivity contribution is -0.121. The van der Waals surface area contributed by atoms with Crippen LogP contribution in [0.5, 0.6) is 0 Å². The first kappa shape index (κ1) is 13.1. The molecule has 0 spiro atoms. The zero-order chi connectivity index (χ0) is 12.0. The molecule has 0 saturated heterocycles. The van der Waals surface area contributed by atoms with Gasteiger partial charge in [-0.05, 0) is 31.1 Å². The molecule has 0 aliphatic heterocycles. The Hall–Kier alpha value is -1.01. The first-order chi connectivity index (χ1) is 7.61. The maximum atomic E-state index is 11.6. The van der Waals surface area contributed by atoms with Gasteiger partial charge in [0.25, 0.3) is 0 Å². The van der Waals surface area contributed by atoms with Gasteiger partial charge in [-0.1, -0.05) is 19.8 Å². The van der Waals surface area contributed by atoms with Crippen molar-refractivity contribution >= 4 is 5.91 Å². The molecule has 2 N–H and O–H groups in total. The Labute approximate surface area is 98.4 Å². The number of hydrogen-bond donors (Lipinski definition) is 2. The molecule has 1 amide bonds. The molecule has 16 heavy (non-hydrogen) atoms. The Morgan fingerprint density at radius 1 is 1.31 bits per heavy atom. The van der Waals surface area contributed by atoms with E-state index in [-0.39, 0.29) is 5.91 Å². The summed E-state index contributed by atoms with van der Waals surface area (Å²) in [7, 11) is 0. The summed E-state index contributed by atoms with van der Waals surface area (Å²) in [6, 6.07) is 0.346. The van der Waals surface area contributed by atoms with Crippen LogP contribution in [-0.4, -0.2) is 25.0 Å². The number of nitrogens with one attached hydrogen (secondary N) is 2. The van der Waals surface area contributed by atoms with Crippen molar-refractivity contribution in [2.24, 2.45) is 11.8 Å². The van der Waals surface area contributed by atoms with Crippen molar-refractivity contribution in [3.8, 4) is 12.3 Å². The number of rotatable bonds is 4. The molecular weight excluding hydrogens is 200 g/mol. The van der Waals surface area contributed by atoms with Crippen LogP contribution in [0.15, 0.2) is 0 Å². The SMILES string of the molecule is C#CCNCC(=O)NC1CC(C)CC(C)C1. The van der Waals surface area contributed by atoms with Crippen molar-refractivity contribution in [2.75, 3.05) is 13.1 Å². The van der Waals surface area contributed by atoms with Crippen molar-refractivity contribution in [3.63, 3.8) is 0 Å². The Morgan fingerprint density at radius 2 is 1.94 bits per heavy atom. The highest BCUT2D eigenvalue weighted by atomic mass is 16.1. The summed E-state index contributed by atoms with van der Waals surface area (Å²) >= 11 is 0. The first-order valence-electron chi connectivity index (χ1n) is 6.05. The molecule has 2 unspecified atom stereocenters. The van der Waals surface area contributed by atoms with Crippen molar-refractivity contribution in [1.29, 1.82) is 0 Å². The molecule has 90 valence electrons. The summed E-state index contributed by atoms with van der Waals surface area (Å²) in [6.07, 6.45) is 8.58. The average molecular weight is 222 g/mol. The van der Waals surface area contributed by atoms with Gasteiger partial charge < -0.3 is 5.32 Å². The number of terminal acetylenes is 1. The van der Waals surface area contributed by atoms with Gasteiger partial charge in [0.2, 0.25) is 5.91 Å². The van der Waals surface area contributed by atoms with Crippen molar-refractivity contribution in [2.45, 2.75) is 39.2 Å². The predicted molar refractivity (Wildman–Crippen MR) is 65.8 cm³/mol. The summed E-state index contributed by atoms with van der Waals surface area (Å²) < 4.78 is 0. The zero-order valence-corrected chi connectivity index (χ0v) is 10.3. The van der Waals surface area contributed by atoms with Gasteiger partial charge in [-0.15, -0.1) is 6.42 Å². The van der Waals surface area contributed by atoms with Crippen LogP contribution < -0.4 is 10.6 Å². The van der Waals surface area contributed by atoms with Gasteiger partial charge in [-0.25, -0.2) is 0 Å². The van der Waals surface area contributed by atoms with E-state index in [2.05, 4.69) is 30.4 Å². The number of amides is 1. The summed E-state index contributed by atoms with van der Waals surface area (Å²) in [5.74, 6) is 3.94. The second-order valence-electron chi connectivity index (χ2n) is 4.99. The highest BCUT2D eigenvalue weighted by Crippen LogP contribution is 2.28. The van der Waals surface area contributed by atoms with Gasteiger partial charge in [-0.2, -0.15) is 0 Å². The smallest absolute Gasteiger partial charge is 0.234 e. The third-order valence-corrected chi connectivity index (χ3v) is 3.06. The monoisotopic (exact) mass is 222 g/mol. The predicted octanol–water partition coefficient (Wildman–Crippen LogP) is 1.15. The van der Waals surface area contributed by atoms with E-state index in [0.717, 1.165) is 12.8 Å². The summed E-state index contributed by atoms with van der Waals surface area (Å²) in [5, 5.41) is 5.97. The summed E-state index contributed by atoms with van der Waals surface area (Å²) in [5.41, 5.74) is 0. The van der Waals surface area contributed by atoms with Crippen LogP contribution >= 0.6 is 0 Å². The lowest BCUT2D eigenvalue weighted by Gasteiger charge is -2.31. The Kier molecular flexibility index (Phi) is 5.34. The minimum atomic E-state index is 0.0570. The summed E-state index contributed by atoms with van der Waals surface area (Å²) in [4.78, 5) is 11.6. The largest absolute Gasteiger partial charge is 0.352 e. The van der Waals surface area contributed by atoms with E-state index < -0.39 is 0 Å². The van der Waals surface area contributed by atoms with E-state index in [9.17, 15) is 4.79 Å². The number of carbonyl (C=O) groups excluding carboxylic acids is 1. The molecule has 0 radical (unpaired) electrons. The minimum Gasteiger partial charge on any atom is -0.352 e. The third-order valence-electron chi connectivity index (χ3n) is 3.06. The van der Waals surface area contributed by atoms with E-state index >= 15 is 0 Å². The van der Waals surface area contributed by atoms with Crippen LogP contribution in [0.2, 0.25) is 0 Å². The molecule has 3 nitrogen and oxygen atoms in total. The van der Waals surface area contributed by atoms with E-state index in [0.29, 0.717) is 31.0 Å². The van der Waals surface area contributed by atoms with Crippen LogP contribution in [0, 0.1) is 24.2 Å². The van der Waals surface area contributed by atoms with Gasteiger partial charge in [-0.3, -0.25) is 10.1 Å². The quantitative estimate of drug-likeness (QED) is 0.553.